The molecular weight excluding hydrogens is 188 g/mol. The van der Waals surface area contributed by atoms with Crippen molar-refractivity contribution in [1.82, 2.24) is 0 Å². The summed E-state index contributed by atoms with van der Waals surface area (Å²) in [4.78, 5) is 10.8. The summed E-state index contributed by atoms with van der Waals surface area (Å²) in [5, 5.41) is 8.89. The summed E-state index contributed by atoms with van der Waals surface area (Å²) in [5.41, 5.74) is 1.47. The minimum atomic E-state index is -0.639. The summed E-state index contributed by atoms with van der Waals surface area (Å²) in [7, 11) is 0. The van der Waals surface area contributed by atoms with E-state index >= 15 is 0 Å². The molecule has 0 amide bonds. The van der Waals surface area contributed by atoms with Crippen LogP contribution < -0.4 is 0 Å². The number of hydrogen-bond donors (Lipinski definition) is 1. The van der Waals surface area contributed by atoms with E-state index in [-0.39, 0.29) is 0 Å². The van der Waals surface area contributed by atoms with Crippen molar-refractivity contribution in [2.24, 2.45) is 17.8 Å². The van der Waals surface area contributed by atoms with E-state index in [9.17, 15) is 4.79 Å². The maximum absolute atomic E-state index is 10.8. The van der Waals surface area contributed by atoms with Gasteiger partial charge in [0.05, 0.1) is 6.42 Å². The smallest absolute Gasteiger partial charge is 0.303 e. The molecule has 0 aromatic heterocycles. The molecule has 0 aliphatic heterocycles. The van der Waals surface area contributed by atoms with Crippen LogP contribution in [0.2, 0.25) is 0 Å². The fourth-order valence-electron chi connectivity index (χ4n) is 3.17. The number of hydrogen-bond acceptors (Lipinski definition) is 1. The van der Waals surface area contributed by atoms with E-state index in [1.807, 2.05) is 0 Å². The van der Waals surface area contributed by atoms with Crippen molar-refractivity contribution < 1.29 is 9.90 Å². The quantitative estimate of drug-likeness (QED) is 0.707. The predicted octanol–water partition coefficient (Wildman–Crippen LogP) is 3.23. The SMILES string of the molecule is CC1C=C2C(CCCC2CC(=O)O)CC1. The standard InChI is InChI=1S/C13H20O2/c1-9-5-6-10-3-2-4-11(8-13(14)15)12(10)7-9/h7,9-11H,2-6,8H2,1H3,(H,14,15). The molecule has 2 nitrogen and oxygen atoms in total. The zero-order valence-corrected chi connectivity index (χ0v) is 9.41. The number of rotatable bonds is 2. The number of carboxylic acid groups (broad SMARTS) is 1. The van der Waals surface area contributed by atoms with Crippen LogP contribution in [0.25, 0.3) is 0 Å². The molecular formula is C13H20O2. The second-order valence-corrected chi connectivity index (χ2v) is 5.14. The summed E-state index contributed by atoms with van der Waals surface area (Å²) in [5.74, 6) is 1.06. The van der Waals surface area contributed by atoms with Crippen molar-refractivity contribution >= 4 is 5.97 Å². The molecule has 2 aliphatic carbocycles. The van der Waals surface area contributed by atoms with E-state index in [1.165, 1.54) is 31.3 Å². The first-order chi connectivity index (χ1) is 7.16. The van der Waals surface area contributed by atoms with Crippen molar-refractivity contribution in [2.45, 2.75) is 45.4 Å². The highest BCUT2D eigenvalue weighted by molar-refractivity contribution is 5.67. The van der Waals surface area contributed by atoms with Crippen LogP contribution in [-0.4, -0.2) is 11.1 Å². The van der Waals surface area contributed by atoms with Gasteiger partial charge < -0.3 is 5.11 Å². The molecule has 2 rings (SSSR count). The molecule has 0 radical (unpaired) electrons. The minimum Gasteiger partial charge on any atom is -0.481 e. The molecule has 0 heterocycles. The zero-order chi connectivity index (χ0) is 10.8. The number of allylic oxidation sites excluding steroid dienone is 2. The van der Waals surface area contributed by atoms with Gasteiger partial charge in [0.1, 0.15) is 0 Å². The fraction of sp³-hybridized carbons (Fsp3) is 0.769. The molecule has 3 unspecified atom stereocenters. The van der Waals surface area contributed by atoms with Gasteiger partial charge in [-0.3, -0.25) is 4.79 Å². The van der Waals surface area contributed by atoms with Gasteiger partial charge >= 0.3 is 5.97 Å². The van der Waals surface area contributed by atoms with Crippen LogP contribution in [0.3, 0.4) is 0 Å². The lowest BCUT2D eigenvalue weighted by molar-refractivity contribution is -0.138. The van der Waals surface area contributed by atoms with Crippen LogP contribution in [0.5, 0.6) is 0 Å². The van der Waals surface area contributed by atoms with Crippen LogP contribution in [0.4, 0.5) is 0 Å². The molecule has 3 atom stereocenters. The average Bonchev–Trinajstić information content (AvgIpc) is 2.18. The third-order valence-electron chi connectivity index (χ3n) is 3.92. The predicted molar refractivity (Wildman–Crippen MR) is 59.6 cm³/mol. The Balaban J connectivity index is 2.13. The van der Waals surface area contributed by atoms with Gasteiger partial charge in [0.2, 0.25) is 0 Å². The first-order valence-corrected chi connectivity index (χ1v) is 6.10. The molecule has 0 aromatic carbocycles. The Kier molecular flexibility index (Phi) is 3.13. The van der Waals surface area contributed by atoms with Gasteiger partial charge in [-0.1, -0.05) is 25.0 Å². The number of fused-ring (bicyclic) bond motifs is 1. The Morgan fingerprint density at radius 1 is 1.40 bits per heavy atom. The van der Waals surface area contributed by atoms with Crippen LogP contribution >= 0.6 is 0 Å². The Hall–Kier alpha value is -0.790. The lowest BCUT2D eigenvalue weighted by Crippen LogP contribution is -2.25. The van der Waals surface area contributed by atoms with Crippen molar-refractivity contribution in [2.75, 3.05) is 0 Å². The van der Waals surface area contributed by atoms with Crippen LogP contribution in [0.1, 0.15) is 45.4 Å². The van der Waals surface area contributed by atoms with E-state index in [1.54, 1.807) is 0 Å². The lowest BCUT2D eigenvalue weighted by atomic mass is 9.69. The monoisotopic (exact) mass is 208 g/mol. The molecule has 84 valence electrons. The summed E-state index contributed by atoms with van der Waals surface area (Å²) in [6.07, 6.45) is 8.86. The van der Waals surface area contributed by atoms with Crippen molar-refractivity contribution in [3.63, 3.8) is 0 Å². The second kappa shape index (κ2) is 4.38. The third-order valence-corrected chi connectivity index (χ3v) is 3.92. The zero-order valence-electron chi connectivity index (χ0n) is 9.41. The summed E-state index contributed by atoms with van der Waals surface area (Å²) in [6, 6.07) is 0. The third kappa shape index (κ3) is 2.42. The highest BCUT2D eigenvalue weighted by atomic mass is 16.4. The van der Waals surface area contributed by atoms with Gasteiger partial charge in [0.15, 0.2) is 0 Å². The van der Waals surface area contributed by atoms with Gasteiger partial charge in [-0.2, -0.15) is 0 Å². The largest absolute Gasteiger partial charge is 0.481 e. The van der Waals surface area contributed by atoms with Gasteiger partial charge in [-0.05, 0) is 43.4 Å². The Morgan fingerprint density at radius 3 is 2.93 bits per heavy atom. The molecule has 1 fully saturated rings. The van der Waals surface area contributed by atoms with E-state index in [2.05, 4.69) is 13.0 Å². The van der Waals surface area contributed by atoms with Crippen LogP contribution in [0, 0.1) is 17.8 Å². The molecule has 1 N–H and O–H groups in total. The van der Waals surface area contributed by atoms with E-state index in [0.29, 0.717) is 24.2 Å². The molecule has 15 heavy (non-hydrogen) atoms. The maximum Gasteiger partial charge on any atom is 0.303 e. The minimum absolute atomic E-state index is 0.337. The number of aliphatic carboxylic acids is 1. The Bertz CT molecular complexity index is 280. The van der Waals surface area contributed by atoms with Gasteiger partial charge in [-0.25, -0.2) is 0 Å². The normalized spacial score (nSPS) is 35.5. The first-order valence-electron chi connectivity index (χ1n) is 6.10. The van der Waals surface area contributed by atoms with Crippen molar-refractivity contribution in [1.29, 1.82) is 0 Å². The Labute approximate surface area is 91.4 Å². The molecule has 2 aliphatic rings. The summed E-state index contributed by atoms with van der Waals surface area (Å²) in [6.45, 7) is 2.25. The number of carbonyl (C=O) groups is 1. The van der Waals surface area contributed by atoms with E-state index in [4.69, 9.17) is 5.11 Å². The van der Waals surface area contributed by atoms with Crippen LogP contribution in [-0.2, 0) is 4.79 Å². The molecule has 0 saturated heterocycles. The molecule has 0 spiro atoms. The van der Waals surface area contributed by atoms with Crippen LogP contribution in [0.15, 0.2) is 11.6 Å². The molecule has 0 bridgehead atoms. The van der Waals surface area contributed by atoms with Gasteiger partial charge in [0.25, 0.3) is 0 Å². The van der Waals surface area contributed by atoms with Gasteiger partial charge in [0, 0.05) is 0 Å². The second-order valence-electron chi connectivity index (χ2n) is 5.14. The number of carboxylic acids is 1. The lowest BCUT2D eigenvalue weighted by Gasteiger charge is -2.36. The summed E-state index contributed by atoms with van der Waals surface area (Å²) < 4.78 is 0. The highest BCUT2D eigenvalue weighted by Gasteiger charge is 2.31. The Morgan fingerprint density at radius 2 is 2.20 bits per heavy atom. The van der Waals surface area contributed by atoms with Gasteiger partial charge in [-0.15, -0.1) is 0 Å². The van der Waals surface area contributed by atoms with E-state index < -0.39 is 5.97 Å². The average molecular weight is 208 g/mol. The molecule has 0 aromatic rings. The van der Waals surface area contributed by atoms with E-state index in [0.717, 1.165) is 6.42 Å². The van der Waals surface area contributed by atoms with Crippen molar-refractivity contribution in [3.05, 3.63) is 11.6 Å². The summed E-state index contributed by atoms with van der Waals surface area (Å²) >= 11 is 0. The first kappa shape index (κ1) is 10.7. The van der Waals surface area contributed by atoms with Crippen molar-refractivity contribution in [3.8, 4) is 0 Å². The molecule has 1 saturated carbocycles. The fourth-order valence-corrected chi connectivity index (χ4v) is 3.17. The maximum atomic E-state index is 10.8. The molecule has 2 heteroatoms. The topological polar surface area (TPSA) is 37.3 Å². The highest BCUT2D eigenvalue weighted by Crippen LogP contribution is 2.42.